The minimum absolute atomic E-state index is 0.0590. The Bertz CT molecular complexity index is 1120. The summed E-state index contributed by atoms with van der Waals surface area (Å²) in [4.78, 5) is 18.5. The number of carbonyl (C=O) groups is 1. The van der Waals surface area contributed by atoms with Gasteiger partial charge in [-0.25, -0.2) is 8.42 Å². The second-order valence-corrected chi connectivity index (χ2v) is 10.6. The molecule has 0 aliphatic carbocycles. The van der Waals surface area contributed by atoms with Gasteiger partial charge in [0.2, 0.25) is 15.9 Å². The summed E-state index contributed by atoms with van der Waals surface area (Å²) in [6.45, 7) is 5.62. The van der Waals surface area contributed by atoms with Gasteiger partial charge in [0, 0.05) is 37.9 Å². The van der Waals surface area contributed by atoms with Crippen LogP contribution in [0, 0.1) is 5.92 Å². The Morgan fingerprint density at radius 3 is 2.68 bits per heavy atom. The van der Waals surface area contributed by atoms with E-state index in [1.54, 1.807) is 61.6 Å². The quantitative estimate of drug-likeness (QED) is 0.644. The van der Waals surface area contributed by atoms with Gasteiger partial charge in [-0.1, -0.05) is 25.1 Å². The molecule has 0 spiro atoms. The highest BCUT2D eigenvalue weighted by Gasteiger charge is 2.38. The van der Waals surface area contributed by atoms with E-state index < -0.39 is 22.2 Å². The Morgan fingerprint density at radius 1 is 1.32 bits per heavy atom. The van der Waals surface area contributed by atoms with E-state index in [9.17, 15) is 18.3 Å². The van der Waals surface area contributed by atoms with Gasteiger partial charge in [-0.3, -0.25) is 9.78 Å². The summed E-state index contributed by atoms with van der Waals surface area (Å²) in [6, 6.07) is 7.99. The number of nitrogens with zero attached hydrogens (tertiary/aromatic N) is 3. The number of carbonyl (C=O) groups excluding carboxylic acids is 1. The third-order valence-electron chi connectivity index (χ3n) is 6.03. The molecule has 9 heteroatoms. The second-order valence-electron chi connectivity index (χ2n) is 8.75. The zero-order valence-corrected chi connectivity index (χ0v) is 20.9. The summed E-state index contributed by atoms with van der Waals surface area (Å²) in [7, 11) is -2.17. The summed E-state index contributed by atoms with van der Waals surface area (Å²) in [6.07, 6.45) is 6.83. The molecule has 2 heterocycles. The third kappa shape index (κ3) is 5.84. The monoisotopic (exact) mass is 487 g/mol. The van der Waals surface area contributed by atoms with Crippen molar-refractivity contribution in [3.8, 4) is 5.75 Å². The maximum absolute atomic E-state index is 13.5. The summed E-state index contributed by atoms with van der Waals surface area (Å²) >= 11 is 0. The maximum Gasteiger partial charge on any atom is 0.247 e. The molecule has 0 radical (unpaired) electrons. The van der Waals surface area contributed by atoms with Gasteiger partial charge < -0.3 is 14.7 Å². The number of rotatable bonds is 7. The number of hydrogen-bond acceptors (Lipinski definition) is 6. The molecule has 0 saturated heterocycles. The number of amides is 1. The number of allylic oxidation sites excluding steroid dienone is 1. The molecule has 1 N–H and O–H groups in total. The molecule has 0 saturated carbocycles. The molecule has 0 unspecified atom stereocenters. The van der Waals surface area contributed by atoms with Crippen LogP contribution in [0.2, 0.25) is 0 Å². The van der Waals surface area contributed by atoms with Gasteiger partial charge in [0.25, 0.3) is 0 Å². The predicted molar refractivity (Wildman–Crippen MR) is 131 cm³/mol. The third-order valence-corrected chi connectivity index (χ3v) is 8.05. The molecule has 1 amide bonds. The first-order chi connectivity index (χ1) is 16.2. The topological polar surface area (TPSA) is 100 Å². The molecule has 34 heavy (non-hydrogen) atoms. The molecule has 184 valence electrons. The Hall–Kier alpha value is -2.75. The minimum Gasteiger partial charge on any atom is -0.487 e. The molecule has 1 aromatic heterocycles. The van der Waals surface area contributed by atoms with Crippen LogP contribution in [0.3, 0.4) is 0 Å². The molecule has 1 aliphatic rings. The average molecular weight is 488 g/mol. The van der Waals surface area contributed by atoms with E-state index >= 15 is 0 Å². The number of aliphatic hydroxyl groups is 1. The van der Waals surface area contributed by atoms with Crippen molar-refractivity contribution in [1.82, 2.24) is 14.2 Å². The van der Waals surface area contributed by atoms with E-state index in [2.05, 4.69) is 4.98 Å². The van der Waals surface area contributed by atoms with E-state index in [4.69, 9.17) is 4.74 Å². The van der Waals surface area contributed by atoms with Gasteiger partial charge in [0.05, 0.1) is 19.6 Å². The summed E-state index contributed by atoms with van der Waals surface area (Å²) in [5.41, 5.74) is 1.68. The standard InChI is InChI=1S/C25H33N3O5S/c1-5-6-20-7-8-24-22(13-20)33-23(18(2)15-28(19(3)17-29)34(24,31)32)16-27(4)25(30)14-21-9-11-26-12-10-21/h5-13,18-19,23,29H,14-17H2,1-4H3/b6-5+/t18-,19+,23+/m0/s1. The van der Waals surface area contributed by atoms with Crippen LogP contribution in [-0.4, -0.2) is 72.5 Å². The van der Waals surface area contributed by atoms with E-state index in [0.29, 0.717) is 6.54 Å². The van der Waals surface area contributed by atoms with Crippen molar-refractivity contribution in [2.45, 2.75) is 44.2 Å². The van der Waals surface area contributed by atoms with Gasteiger partial charge in [-0.2, -0.15) is 4.31 Å². The van der Waals surface area contributed by atoms with Gasteiger partial charge in [0.15, 0.2) is 0 Å². The molecule has 3 rings (SSSR count). The molecule has 1 aromatic carbocycles. The Balaban J connectivity index is 1.94. The van der Waals surface area contributed by atoms with Crippen LogP contribution in [0.1, 0.15) is 31.9 Å². The number of aliphatic hydroxyl groups excluding tert-OH is 1. The van der Waals surface area contributed by atoms with Crippen LogP contribution in [0.5, 0.6) is 5.75 Å². The fourth-order valence-corrected chi connectivity index (χ4v) is 5.76. The van der Waals surface area contributed by atoms with Crippen molar-refractivity contribution in [1.29, 1.82) is 0 Å². The van der Waals surface area contributed by atoms with Crippen molar-refractivity contribution < 1.29 is 23.1 Å². The van der Waals surface area contributed by atoms with Crippen molar-refractivity contribution >= 4 is 22.0 Å². The lowest BCUT2D eigenvalue weighted by Crippen LogP contribution is -2.50. The maximum atomic E-state index is 13.5. The van der Waals surface area contributed by atoms with Gasteiger partial charge >= 0.3 is 0 Å². The Labute approximate surface area is 201 Å². The zero-order valence-electron chi connectivity index (χ0n) is 20.1. The van der Waals surface area contributed by atoms with Crippen molar-refractivity contribution in [2.75, 3.05) is 26.7 Å². The zero-order chi connectivity index (χ0) is 24.9. The highest BCUT2D eigenvalue weighted by atomic mass is 32.2. The molecule has 2 aromatic rings. The largest absolute Gasteiger partial charge is 0.487 e. The molecular formula is C25H33N3O5S. The van der Waals surface area contributed by atoms with Gasteiger partial charge in [-0.05, 0) is 49.2 Å². The minimum atomic E-state index is -3.89. The van der Waals surface area contributed by atoms with Crippen molar-refractivity contribution in [3.63, 3.8) is 0 Å². The first-order valence-corrected chi connectivity index (χ1v) is 12.8. The summed E-state index contributed by atoms with van der Waals surface area (Å²) in [5.74, 6) is -0.0594. The van der Waals surface area contributed by atoms with E-state index in [1.807, 2.05) is 26.0 Å². The van der Waals surface area contributed by atoms with E-state index in [0.717, 1.165) is 11.1 Å². The molecular weight excluding hydrogens is 454 g/mol. The van der Waals surface area contributed by atoms with Crippen molar-refractivity contribution in [2.24, 2.45) is 5.92 Å². The summed E-state index contributed by atoms with van der Waals surface area (Å²) in [5, 5.41) is 9.75. The number of fused-ring (bicyclic) bond motifs is 1. The number of pyridine rings is 1. The average Bonchev–Trinajstić information content (AvgIpc) is 2.81. The Kier molecular flexibility index (Phi) is 8.46. The van der Waals surface area contributed by atoms with Gasteiger partial charge in [-0.15, -0.1) is 0 Å². The van der Waals surface area contributed by atoms with Crippen LogP contribution in [0.25, 0.3) is 6.08 Å². The fraction of sp³-hybridized carbons (Fsp3) is 0.440. The number of ether oxygens (including phenoxy) is 1. The first-order valence-electron chi connectivity index (χ1n) is 11.4. The SMILES string of the molecule is C/C=C/c1ccc2c(c1)O[C@H](CN(C)C(=O)Cc1ccncc1)[C@@H](C)CN([C@H](C)CO)S2(=O)=O. The van der Waals surface area contributed by atoms with Gasteiger partial charge in [0.1, 0.15) is 16.7 Å². The lowest BCUT2D eigenvalue weighted by Gasteiger charge is -2.37. The first kappa shape index (κ1) is 25.9. The number of hydrogen-bond donors (Lipinski definition) is 1. The normalized spacial score (nSPS) is 21.2. The fourth-order valence-electron chi connectivity index (χ4n) is 3.94. The molecule has 8 nitrogen and oxygen atoms in total. The highest BCUT2D eigenvalue weighted by molar-refractivity contribution is 7.89. The smallest absolute Gasteiger partial charge is 0.247 e. The number of sulfonamides is 1. The number of benzene rings is 1. The van der Waals surface area contributed by atoms with Crippen LogP contribution in [0.4, 0.5) is 0 Å². The predicted octanol–water partition coefficient (Wildman–Crippen LogP) is 2.58. The van der Waals surface area contributed by atoms with Crippen LogP contribution >= 0.6 is 0 Å². The molecule has 1 aliphatic heterocycles. The second kappa shape index (κ2) is 11.1. The van der Waals surface area contributed by atoms with E-state index in [1.165, 1.54) is 4.31 Å². The Morgan fingerprint density at radius 2 is 2.03 bits per heavy atom. The van der Waals surface area contributed by atoms with Crippen LogP contribution in [0.15, 0.2) is 53.7 Å². The number of aromatic nitrogens is 1. The lowest BCUT2D eigenvalue weighted by atomic mass is 10.0. The number of likely N-dealkylation sites (N-methyl/N-ethyl adjacent to an activating group) is 1. The molecule has 0 bridgehead atoms. The van der Waals surface area contributed by atoms with Crippen LogP contribution < -0.4 is 4.74 Å². The van der Waals surface area contributed by atoms with Crippen molar-refractivity contribution in [3.05, 3.63) is 59.9 Å². The van der Waals surface area contributed by atoms with Crippen LogP contribution in [-0.2, 0) is 21.2 Å². The molecule has 0 fully saturated rings. The highest BCUT2D eigenvalue weighted by Crippen LogP contribution is 2.34. The molecule has 3 atom stereocenters. The summed E-state index contributed by atoms with van der Waals surface area (Å²) < 4.78 is 34.6. The van der Waals surface area contributed by atoms with E-state index in [-0.39, 0.29) is 42.0 Å². The lowest BCUT2D eigenvalue weighted by molar-refractivity contribution is -0.130.